The highest BCUT2D eigenvalue weighted by molar-refractivity contribution is 9.10. The van der Waals surface area contributed by atoms with Gasteiger partial charge in [-0.1, -0.05) is 6.07 Å². The van der Waals surface area contributed by atoms with Gasteiger partial charge in [-0.2, -0.15) is 0 Å². The summed E-state index contributed by atoms with van der Waals surface area (Å²) in [4.78, 5) is 19.3. The molecule has 0 amide bonds. The topological polar surface area (TPSA) is 63.1 Å². The smallest absolute Gasteiger partial charge is 0.338 e. The van der Waals surface area contributed by atoms with Crippen LogP contribution in [0.3, 0.4) is 0 Å². The molecule has 2 aromatic rings. The van der Waals surface area contributed by atoms with Crippen molar-refractivity contribution >= 4 is 33.7 Å². The predicted octanol–water partition coefficient (Wildman–Crippen LogP) is 3.09. The lowest BCUT2D eigenvalue weighted by Gasteiger charge is -2.04. The molecule has 0 unspecified atom stereocenters. The minimum atomic E-state index is -1.00. The van der Waals surface area contributed by atoms with E-state index >= 15 is 0 Å². The molecule has 6 heteroatoms. The van der Waals surface area contributed by atoms with E-state index in [0.717, 1.165) is 0 Å². The van der Waals surface area contributed by atoms with Crippen LogP contribution in [0.2, 0.25) is 0 Å². The highest BCUT2D eigenvalue weighted by Gasteiger charge is 2.13. The van der Waals surface area contributed by atoms with Crippen LogP contribution in [0, 0.1) is 0 Å². The second kappa shape index (κ2) is 5.29. The Morgan fingerprint density at radius 1 is 1.35 bits per heavy atom. The average molecular weight is 311 g/mol. The van der Waals surface area contributed by atoms with E-state index in [4.69, 9.17) is 5.11 Å². The molecule has 0 aliphatic heterocycles. The maximum absolute atomic E-state index is 11.1. The van der Waals surface area contributed by atoms with Crippen LogP contribution >= 0.6 is 27.7 Å². The molecule has 0 aliphatic rings. The molecule has 0 saturated heterocycles. The minimum Gasteiger partial charge on any atom is -0.478 e. The first-order valence-corrected chi connectivity index (χ1v) is 6.25. The lowest BCUT2D eigenvalue weighted by atomic mass is 10.3. The summed E-state index contributed by atoms with van der Waals surface area (Å²) in [5.41, 5.74) is 0.162. The van der Waals surface area contributed by atoms with Crippen LogP contribution in [0.5, 0.6) is 0 Å². The van der Waals surface area contributed by atoms with Crippen molar-refractivity contribution in [2.24, 2.45) is 0 Å². The number of aromatic nitrogens is 2. The summed E-state index contributed by atoms with van der Waals surface area (Å²) in [6.07, 6.45) is 3.22. The van der Waals surface area contributed by atoms with Crippen molar-refractivity contribution in [2.45, 2.75) is 10.1 Å². The number of hydrogen-bond acceptors (Lipinski definition) is 4. The molecule has 0 fully saturated rings. The quantitative estimate of drug-likeness (QED) is 0.944. The summed E-state index contributed by atoms with van der Waals surface area (Å²) in [5, 5.41) is 10.2. The van der Waals surface area contributed by atoms with Gasteiger partial charge in [0.15, 0.2) is 0 Å². The number of carboxylic acids is 1. The molecule has 0 saturated carbocycles. The summed E-state index contributed by atoms with van der Waals surface area (Å²) in [5.74, 6) is -1.00. The van der Waals surface area contributed by atoms with Crippen LogP contribution < -0.4 is 0 Å². The maximum atomic E-state index is 11.1. The number of rotatable bonds is 3. The number of carbonyl (C=O) groups is 1. The molecule has 2 rings (SSSR count). The summed E-state index contributed by atoms with van der Waals surface area (Å²) in [6.45, 7) is 0. The summed E-state index contributed by atoms with van der Waals surface area (Å²) < 4.78 is 0.639. The van der Waals surface area contributed by atoms with Gasteiger partial charge in [-0.25, -0.2) is 14.8 Å². The van der Waals surface area contributed by atoms with E-state index in [1.807, 2.05) is 6.07 Å². The molecule has 86 valence electrons. The summed E-state index contributed by atoms with van der Waals surface area (Å²) in [7, 11) is 0. The fraction of sp³-hybridized carbons (Fsp3) is 0. The Kier molecular flexibility index (Phi) is 3.75. The Morgan fingerprint density at radius 3 is 2.82 bits per heavy atom. The summed E-state index contributed by atoms with van der Waals surface area (Å²) >= 11 is 4.43. The molecule has 0 spiro atoms. The van der Waals surface area contributed by atoms with Crippen LogP contribution in [0.25, 0.3) is 0 Å². The second-order valence-corrected chi connectivity index (χ2v) is 5.01. The van der Waals surface area contributed by atoms with Gasteiger partial charge < -0.3 is 5.11 Å². The van der Waals surface area contributed by atoms with Crippen molar-refractivity contribution < 1.29 is 9.90 Å². The third-order valence-electron chi connectivity index (χ3n) is 1.89. The zero-order chi connectivity index (χ0) is 12.3. The van der Waals surface area contributed by atoms with Crippen LogP contribution in [0.15, 0.2) is 51.2 Å². The number of halogens is 1. The van der Waals surface area contributed by atoms with Gasteiger partial charge in [-0.3, -0.25) is 0 Å². The van der Waals surface area contributed by atoms with Crippen LogP contribution in [-0.4, -0.2) is 21.0 Å². The van der Waals surface area contributed by atoms with Crippen LogP contribution in [0.4, 0.5) is 0 Å². The first-order chi connectivity index (χ1) is 8.16. The molecule has 4 nitrogen and oxygen atoms in total. The van der Waals surface area contributed by atoms with Gasteiger partial charge in [0.05, 0.1) is 5.56 Å². The van der Waals surface area contributed by atoms with E-state index < -0.39 is 5.97 Å². The van der Waals surface area contributed by atoms with Crippen molar-refractivity contribution in [3.8, 4) is 0 Å². The molecule has 2 heterocycles. The Hall–Kier alpha value is -1.40. The van der Waals surface area contributed by atoms with Gasteiger partial charge in [0, 0.05) is 16.9 Å². The molecule has 0 atom stereocenters. The Bertz CT molecular complexity index is 548. The van der Waals surface area contributed by atoms with E-state index in [2.05, 4.69) is 25.9 Å². The molecule has 1 N–H and O–H groups in total. The fourth-order valence-electron chi connectivity index (χ4n) is 1.17. The second-order valence-electron chi connectivity index (χ2n) is 3.08. The number of aromatic carboxylic acids is 1. The van der Waals surface area contributed by atoms with Gasteiger partial charge in [-0.15, -0.1) is 0 Å². The zero-order valence-corrected chi connectivity index (χ0v) is 10.9. The van der Waals surface area contributed by atoms with E-state index in [0.29, 0.717) is 14.5 Å². The van der Waals surface area contributed by atoms with Crippen molar-refractivity contribution in [1.82, 2.24) is 9.97 Å². The molecule has 0 bridgehead atoms. The lowest BCUT2D eigenvalue weighted by molar-refractivity contribution is 0.0692. The molecule has 0 radical (unpaired) electrons. The molecule has 0 aliphatic carbocycles. The van der Waals surface area contributed by atoms with Crippen LogP contribution in [-0.2, 0) is 0 Å². The van der Waals surface area contributed by atoms with Gasteiger partial charge in [0.2, 0.25) is 0 Å². The van der Waals surface area contributed by atoms with Gasteiger partial charge in [0.25, 0.3) is 0 Å². The van der Waals surface area contributed by atoms with E-state index in [-0.39, 0.29) is 5.56 Å². The number of hydrogen-bond donors (Lipinski definition) is 1. The standard InChI is InChI=1S/C11H7BrN2O2S/c12-7-5-8(11(15)16)10(14-6-7)17-9-3-1-2-4-13-9/h1-6H,(H,15,16). The third kappa shape index (κ3) is 3.04. The minimum absolute atomic E-state index is 0.162. The molecular formula is C11H7BrN2O2S. The number of carboxylic acid groups (broad SMARTS) is 1. The van der Waals surface area contributed by atoms with Crippen molar-refractivity contribution in [3.63, 3.8) is 0 Å². The first-order valence-electron chi connectivity index (χ1n) is 4.64. The Morgan fingerprint density at radius 2 is 2.18 bits per heavy atom. The molecule has 2 aromatic heterocycles. The average Bonchev–Trinajstić information content (AvgIpc) is 2.32. The lowest BCUT2D eigenvalue weighted by Crippen LogP contribution is -2.00. The first kappa shape index (κ1) is 12.1. The number of pyridine rings is 2. The van der Waals surface area contributed by atoms with E-state index in [1.54, 1.807) is 24.5 Å². The zero-order valence-electron chi connectivity index (χ0n) is 8.50. The third-order valence-corrected chi connectivity index (χ3v) is 3.29. The van der Waals surface area contributed by atoms with Gasteiger partial charge in [-0.05, 0) is 45.9 Å². The monoisotopic (exact) mass is 310 g/mol. The van der Waals surface area contributed by atoms with Crippen molar-refractivity contribution in [3.05, 3.63) is 46.7 Å². The SMILES string of the molecule is O=C(O)c1cc(Br)cnc1Sc1ccccn1. The Labute approximate surface area is 110 Å². The highest BCUT2D eigenvalue weighted by Crippen LogP contribution is 2.28. The van der Waals surface area contributed by atoms with Gasteiger partial charge >= 0.3 is 5.97 Å². The molecule has 17 heavy (non-hydrogen) atoms. The predicted molar refractivity (Wildman–Crippen MR) is 67.3 cm³/mol. The van der Waals surface area contributed by atoms with E-state index in [9.17, 15) is 4.79 Å². The largest absolute Gasteiger partial charge is 0.478 e. The van der Waals surface area contributed by atoms with Crippen molar-refractivity contribution in [2.75, 3.05) is 0 Å². The normalized spacial score (nSPS) is 10.2. The molecular weight excluding hydrogens is 304 g/mol. The van der Waals surface area contributed by atoms with Crippen molar-refractivity contribution in [1.29, 1.82) is 0 Å². The number of nitrogens with zero attached hydrogens (tertiary/aromatic N) is 2. The Balaban J connectivity index is 2.36. The fourth-order valence-corrected chi connectivity index (χ4v) is 2.32. The maximum Gasteiger partial charge on any atom is 0.338 e. The van der Waals surface area contributed by atoms with E-state index in [1.165, 1.54) is 17.8 Å². The van der Waals surface area contributed by atoms with Gasteiger partial charge in [0.1, 0.15) is 10.1 Å². The van der Waals surface area contributed by atoms with Crippen LogP contribution in [0.1, 0.15) is 10.4 Å². The summed E-state index contributed by atoms with van der Waals surface area (Å²) in [6, 6.07) is 6.98. The highest BCUT2D eigenvalue weighted by atomic mass is 79.9. The molecule has 0 aromatic carbocycles.